The average molecular weight is 821 g/mol. The van der Waals surface area contributed by atoms with E-state index in [1.165, 1.54) is 97.2 Å². The molecule has 0 amide bonds. The van der Waals surface area contributed by atoms with E-state index in [0.717, 1.165) is 48.3 Å². The number of allylic oxidation sites excluding steroid dienone is 1. The lowest BCUT2D eigenvalue weighted by atomic mass is 9.47. The molecule has 0 spiro atoms. The van der Waals surface area contributed by atoms with Gasteiger partial charge in [-0.25, -0.2) is 0 Å². The summed E-state index contributed by atoms with van der Waals surface area (Å²) in [5.41, 5.74) is 1.60. The van der Waals surface area contributed by atoms with Gasteiger partial charge in [-0.3, -0.25) is 19.2 Å². The van der Waals surface area contributed by atoms with E-state index in [1.807, 2.05) is 0 Å². The molecule has 4 fully saturated rings. The van der Waals surface area contributed by atoms with Crippen LogP contribution in [0.25, 0.3) is 0 Å². The first-order chi connectivity index (χ1) is 27.0. The molecule has 57 heavy (non-hydrogen) atoms. The molecule has 1 aliphatic heterocycles. The van der Waals surface area contributed by atoms with Crippen LogP contribution in [0.15, 0.2) is 11.6 Å². The molecule has 13 atom stereocenters. The SMILES string of the molecule is CC(=O)OC[C@H]1O[C@@H](SCCOCCO[C@@H]2CC[C@@]3(C)C(=CC[C@H]4[C@@H]5CC[C@H]([C@H](C)CCCC(C)C)[C@@]5(C)CC[C@@H]43)C2)[C@H](OC(C)=O)[C@@H](OC(C)=O)[C@H]1OC(C)=O. The van der Waals surface area contributed by atoms with Gasteiger partial charge in [0.25, 0.3) is 0 Å². The number of ether oxygens (including phenoxy) is 7. The highest BCUT2D eigenvalue weighted by Gasteiger charge is 2.59. The molecule has 0 aromatic rings. The topological polar surface area (TPSA) is 133 Å². The quantitative estimate of drug-likeness (QED) is 0.0571. The van der Waals surface area contributed by atoms with Crippen LogP contribution >= 0.6 is 11.8 Å². The predicted octanol–water partition coefficient (Wildman–Crippen LogP) is 8.25. The minimum atomic E-state index is -1.18. The van der Waals surface area contributed by atoms with Crippen molar-refractivity contribution in [1.29, 1.82) is 0 Å². The highest BCUT2D eigenvalue weighted by molar-refractivity contribution is 7.99. The van der Waals surface area contributed by atoms with Crippen molar-refractivity contribution < 1.29 is 52.3 Å². The molecular weight excluding hydrogens is 749 g/mol. The van der Waals surface area contributed by atoms with Gasteiger partial charge in [0.2, 0.25) is 0 Å². The van der Waals surface area contributed by atoms with Crippen molar-refractivity contribution in [1.82, 2.24) is 0 Å². The van der Waals surface area contributed by atoms with Crippen LogP contribution in [-0.2, 0) is 52.3 Å². The Bertz CT molecular complexity index is 1420. The lowest BCUT2D eigenvalue weighted by Crippen LogP contribution is -2.61. The van der Waals surface area contributed by atoms with Crippen molar-refractivity contribution in [3.8, 4) is 0 Å². The highest BCUT2D eigenvalue weighted by Crippen LogP contribution is 2.67. The smallest absolute Gasteiger partial charge is 0.303 e. The summed E-state index contributed by atoms with van der Waals surface area (Å²) in [5, 5.41) is 0. The molecule has 1 heterocycles. The largest absolute Gasteiger partial charge is 0.463 e. The number of esters is 4. The van der Waals surface area contributed by atoms with E-state index < -0.39 is 53.7 Å². The van der Waals surface area contributed by atoms with Crippen LogP contribution in [0, 0.1) is 46.3 Å². The van der Waals surface area contributed by atoms with E-state index in [4.69, 9.17) is 33.2 Å². The van der Waals surface area contributed by atoms with Crippen LogP contribution in [0.4, 0.5) is 0 Å². The van der Waals surface area contributed by atoms with Crippen molar-refractivity contribution in [2.24, 2.45) is 46.3 Å². The molecule has 0 unspecified atom stereocenters. The van der Waals surface area contributed by atoms with E-state index in [-0.39, 0.29) is 18.1 Å². The molecule has 0 bridgehead atoms. The van der Waals surface area contributed by atoms with Crippen molar-refractivity contribution in [2.75, 3.05) is 32.2 Å². The zero-order chi connectivity index (χ0) is 41.5. The minimum Gasteiger partial charge on any atom is -0.463 e. The normalized spacial score (nSPS) is 36.6. The Kier molecular flexibility index (Phi) is 16.4. The molecule has 0 aromatic carbocycles. The van der Waals surface area contributed by atoms with Crippen molar-refractivity contribution in [3.05, 3.63) is 11.6 Å². The number of fused-ring (bicyclic) bond motifs is 5. The average Bonchev–Trinajstić information content (AvgIpc) is 3.49. The number of carbonyl (C=O) groups excluding carboxylic acids is 4. The first-order valence-electron chi connectivity index (χ1n) is 21.8. The standard InChI is InChI=1S/C45H72O11S/c1-27(2)11-10-12-28(3)36-15-16-37-35-14-13-33-25-34(17-19-44(33,8)38(35)18-20-45(36,37)9)51-22-21-50-23-24-57-43-42(55-32(7)49)41(54-31(6)48)40(53-30(5)47)39(56-43)26-52-29(4)46/h13,27-28,34-43H,10-12,14-26H2,1-9H3/t28-,34-,35+,36-,37+,38+,39-,40+,41+,42-,43+,44+,45-/m1/s1. The van der Waals surface area contributed by atoms with Crippen molar-refractivity contribution in [2.45, 2.75) is 169 Å². The Morgan fingerprint density at radius 3 is 2.19 bits per heavy atom. The number of carbonyl (C=O) groups is 4. The fourth-order valence-electron chi connectivity index (χ4n) is 11.7. The lowest BCUT2D eigenvalue weighted by Gasteiger charge is -2.58. The molecule has 4 aliphatic carbocycles. The molecule has 5 rings (SSSR count). The van der Waals surface area contributed by atoms with Gasteiger partial charge < -0.3 is 33.2 Å². The van der Waals surface area contributed by atoms with Crippen LogP contribution < -0.4 is 0 Å². The third-order valence-corrected chi connectivity index (χ3v) is 15.4. The van der Waals surface area contributed by atoms with Crippen LogP contribution in [0.5, 0.6) is 0 Å². The molecular formula is C45H72O11S. The van der Waals surface area contributed by atoms with E-state index in [9.17, 15) is 19.2 Å². The summed E-state index contributed by atoms with van der Waals surface area (Å²) in [7, 11) is 0. The summed E-state index contributed by atoms with van der Waals surface area (Å²) < 4.78 is 40.3. The Balaban J connectivity index is 1.09. The Morgan fingerprint density at radius 2 is 1.51 bits per heavy atom. The second kappa shape index (κ2) is 20.4. The van der Waals surface area contributed by atoms with Gasteiger partial charge in [0, 0.05) is 33.4 Å². The van der Waals surface area contributed by atoms with Crippen LogP contribution in [0.3, 0.4) is 0 Å². The van der Waals surface area contributed by atoms with Crippen LogP contribution in [0.1, 0.15) is 133 Å². The summed E-state index contributed by atoms with van der Waals surface area (Å²) in [5.74, 6) is 2.96. The predicted molar refractivity (Wildman–Crippen MR) is 218 cm³/mol. The van der Waals surface area contributed by atoms with E-state index in [0.29, 0.717) is 31.0 Å². The lowest BCUT2D eigenvalue weighted by molar-refractivity contribution is -0.237. The Labute approximate surface area is 346 Å². The van der Waals surface area contributed by atoms with Gasteiger partial charge >= 0.3 is 23.9 Å². The molecule has 3 saturated carbocycles. The summed E-state index contributed by atoms with van der Waals surface area (Å²) in [6.45, 7) is 18.5. The van der Waals surface area contributed by atoms with Crippen LogP contribution in [0.2, 0.25) is 0 Å². The first-order valence-corrected chi connectivity index (χ1v) is 22.9. The summed E-state index contributed by atoms with van der Waals surface area (Å²) >= 11 is 1.31. The molecule has 0 N–H and O–H groups in total. The molecule has 5 aliphatic rings. The Hall–Kier alpha value is -2.15. The zero-order valence-corrected chi connectivity index (χ0v) is 37.0. The van der Waals surface area contributed by atoms with Gasteiger partial charge in [-0.1, -0.05) is 65.5 Å². The maximum atomic E-state index is 12.1. The fourth-order valence-corrected chi connectivity index (χ4v) is 12.8. The van der Waals surface area contributed by atoms with E-state index in [1.54, 1.807) is 5.57 Å². The summed E-state index contributed by atoms with van der Waals surface area (Å²) in [6, 6.07) is 0. The van der Waals surface area contributed by atoms with Crippen LogP contribution in [-0.4, -0.2) is 92.0 Å². The van der Waals surface area contributed by atoms with Gasteiger partial charge in [-0.15, -0.1) is 11.8 Å². The van der Waals surface area contributed by atoms with Gasteiger partial charge in [0.05, 0.1) is 25.9 Å². The van der Waals surface area contributed by atoms with E-state index in [2.05, 4.69) is 40.7 Å². The number of rotatable bonds is 18. The molecule has 11 nitrogen and oxygen atoms in total. The minimum absolute atomic E-state index is 0.202. The molecule has 1 saturated heterocycles. The second-order valence-electron chi connectivity index (χ2n) is 18.6. The third kappa shape index (κ3) is 11.4. The molecule has 324 valence electrons. The molecule has 12 heteroatoms. The summed E-state index contributed by atoms with van der Waals surface area (Å²) in [4.78, 5) is 47.9. The first kappa shape index (κ1) is 45.9. The second-order valence-corrected chi connectivity index (χ2v) is 19.8. The monoisotopic (exact) mass is 820 g/mol. The zero-order valence-electron chi connectivity index (χ0n) is 36.2. The molecule has 0 radical (unpaired) electrons. The molecule has 0 aromatic heterocycles. The number of thioether (sulfide) groups is 1. The fraction of sp³-hybridized carbons (Fsp3) is 0.867. The van der Waals surface area contributed by atoms with E-state index >= 15 is 0 Å². The van der Waals surface area contributed by atoms with Gasteiger partial charge in [0.15, 0.2) is 18.3 Å². The van der Waals surface area contributed by atoms with Crippen molar-refractivity contribution >= 4 is 35.6 Å². The van der Waals surface area contributed by atoms with Gasteiger partial charge in [-0.2, -0.15) is 0 Å². The van der Waals surface area contributed by atoms with Gasteiger partial charge in [0.1, 0.15) is 18.1 Å². The third-order valence-electron chi connectivity index (χ3n) is 14.3. The highest BCUT2D eigenvalue weighted by atomic mass is 32.2. The number of hydrogen-bond acceptors (Lipinski definition) is 12. The van der Waals surface area contributed by atoms with Gasteiger partial charge in [-0.05, 0) is 97.7 Å². The maximum Gasteiger partial charge on any atom is 0.303 e. The summed E-state index contributed by atoms with van der Waals surface area (Å²) in [6.07, 6.45) is 12.7. The van der Waals surface area contributed by atoms with Crippen molar-refractivity contribution in [3.63, 3.8) is 0 Å². The number of hydrogen-bond donors (Lipinski definition) is 0. The Morgan fingerprint density at radius 1 is 0.807 bits per heavy atom. The maximum absolute atomic E-state index is 12.1.